The topological polar surface area (TPSA) is 115 Å². The number of nitrogens with one attached hydrogen (secondary N) is 1. The van der Waals surface area contributed by atoms with Crippen LogP contribution >= 0.6 is 11.6 Å². The Morgan fingerprint density at radius 2 is 1.74 bits per heavy atom. The lowest BCUT2D eigenvalue weighted by Gasteiger charge is -2.37. The molecule has 0 saturated carbocycles. The number of rotatable bonds is 9. The zero-order chi connectivity index (χ0) is 30.8. The number of hydrogen-bond acceptors (Lipinski definition) is 9. The van der Waals surface area contributed by atoms with Crippen molar-refractivity contribution < 1.29 is 35.9 Å². The van der Waals surface area contributed by atoms with E-state index in [-0.39, 0.29) is 42.0 Å². The molecule has 17 heteroatoms. The number of sulfonamides is 1. The van der Waals surface area contributed by atoms with Gasteiger partial charge in [-0.1, -0.05) is 11.6 Å². The molecule has 1 aromatic carbocycles. The normalized spacial score (nSPS) is 20.0. The fourth-order valence-electron chi connectivity index (χ4n) is 5.53. The van der Waals surface area contributed by atoms with Gasteiger partial charge in [0.25, 0.3) is 7.41 Å². The van der Waals surface area contributed by atoms with E-state index in [0.29, 0.717) is 37.8 Å². The van der Waals surface area contributed by atoms with E-state index in [2.05, 4.69) is 15.1 Å². The molecule has 231 valence electrons. The zero-order valence-corrected chi connectivity index (χ0v) is 24.7. The van der Waals surface area contributed by atoms with Crippen molar-refractivity contribution in [2.45, 2.75) is 29.5 Å². The smallest absolute Gasteiger partial charge is 0.416 e. The van der Waals surface area contributed by atoms with Crippen molar-refractivity contribution in [3.63, 3.8) is 0 Å². The van der Waals surface area contributed by atoms with Crippen molar-refractivity contribution in [1.82, 2.24) is 19.4 Å². The summed E-state index contributed by atoms with van der Waals surface area (Å²) >= 11 is 5.81. The standard InChI is InChI=1S/C26H30BClF3N6O5S/c28-22-15-19(26(29,30)31)16-23(33-22)35-11-13-36(14-12-35)43(40,41)21-3-1-20(2-4-21)37-17-25(42-24(37)39)5-8-34(9-6-25)10-7-32-27-18-38/h1-4,15-16,18,32H,5-14,17H2. The van der Waals surface area contributed by atoms with Gasteiger partial charge in [0.05, 0.1) is 23.2 Å². The second kappa shape index (κ2) is 12.6. The van der Waals surface area contributed by atoms with Gasteiger partial charge < -0.3 is 24.6 Å². The highest BCUT2D eigenvalue weighted by Crippen LogP contribution is 2.36. The maximum Gasteiger partial charge on any atom is 0.416 e. The highest BCUT2D eigenvalue weighted by atomic mass is 35.5. The number of pyridine rings is 1. The molecule has 0 aliphatic carbocycles. The van der Waals surface area contributed by atoms with Crippen LogP contribution in [0.5, 0.6) is 0 Å². The van der Waals surface area contributed by atoms with Crippen molar-refractivity contribution in [1.29, 1.82) is 0 Å². The van der Waals surface area contributed by atoms with E-state index >= 15 is 0 Å². The van der Waals surface area contributed by atoms with Gasteiger partial charge in [-0.15, -0.1) is 0 Å². The molecule has 3 aliphatic rings. The first-order chi connectivity index (χ1) is 20.4. The largest absolute Gasteiger partial charge is 0.441 e. The molecule has 0 atom stereocenters. The molecule has 3 saturated heterocycles. The Balaban J connectivity index is 1.18. The van der Waals surface area contributed by atoms with Crippen LogP contribution in [-0.2, 0) is 25.7 Å². The molecule has 1 N–H and O–H groups in total. The maximum atomic E-state index is 13.3. The van der Waals surface area contributed by atoms with Crippen LogP contribution in [0.4, 0.5) is 29.5 Å². The lowest BCUT2D eigenvalue weighted by molar-refractivity contribution is -0.137. The van der Waals surface area contributed by atoms with Crippen molar-refractivity contribution in [3.8, 4) is 0 Å². The Morgan fingerprint density at radius 1 is 1.07 bits per heavy atom. The van der Waals surface area contributed by atoms with Crippen LogP contribution in [0.15, 0.2) is 41.3 Å². The third kappa shape index (κ3) is 7.09. The Kier molecular flexibility index (Phi) is 9.23. The Morgan fingerprint density at radius 3 is 2.37 bits per heavy atom. The summed E-state index contributed by atoms with van der Waals surface area (Å²) in [5.41, 5.74) is -1.01. The molecular formula is C26H30BClF3N6O5S. The monoisotopic (exact) mass is 641 g/mol. The molecule has 0 bridgehead atoms. The number of aromatic nitrogens is 1. The molecule has 3 aliphatic heterocycles. The highest BCUT2D eigenvalue weighted by molar-refractivity contribution is 7.89. The number of piperidine rings is 1. The minimum Gasteiger partial charge on any atom is -0.441 e. The lowest BCUT2D eigenvalue weighted by Crippen LogP contribution is -2.49. The molecule has 2 aromatic rings. The van der Waals surface area contributed by atoms with Gasteiger partial charge in [-0.25, -0.2) is 18.2 Å². The van der Waals surface area contributed by atoms with E-state index < -0.39 is 33.5 Å². The average Bonchev–Trinajstić information content (AvgIpc) is 3.31. The van der Waals surface area contributed by atoms with Crippen molar-refractivity contribution in [3.05, 3.63) is 47.1 Å². The lowest BCUT2D eigenvalue weighted by atomic mass is 9.91. The van der Waals surface area contributed by atoms with E-state index in [1.807, 2.05) is 0 Å². The Bertz CT molecular complexity index is 1440. The summed E-state index contributed by atoms with van der Waals surface area (Å²) in [4.78, 5) is 32.5. The first kappa shape index (κ1) is 31.5. The first-order valence-electron chi connectivity index (χ1n) is 13.7. The van der Waals surface area contributed by atoms with E-state index in [0.717, 1.165) is 31.8 Å². The number of alkyl halides is 3. The number of anilines is 2. The summed E-state index contributed by atoms with van der Waals surface area (Å²) in [6.45, 7) is 3.61. The van der Waals surface area contributed by atoms with Gasteiger partial charge in [-0.2, -0.15) is 17.5 Å². The van der Waals surface area contributed by atoms with Gasteiger partial charge in [0.15, 0.2) is 0 Å². The summed E-state index contributed by atoms with van der Waals surface area (Å²) in [5.74, 6) is 0.0346. The molecule has 1 spiro atoms. The predicted octanol–water partition coefficient (Wildman–Crippen LogP) is 2.45. The molecule has 11 nitrogen and oxygen atoms in total. The number of carbonyl (C=O) groups excluding carboxylic acids is 2. The van der Waals surface area contributed by atoms with Crippen LogP contribution in [-0.4, -0.2) is 107 Å². The van der Waals surface area contributed by atoms with Crippen LogP contribution in [0, 0.1) is 0 Å². The molecule has 43 heavy (non-hydrogen) atoms. The number of amides is 1. The third-order valence-electron chi connectivity index (χ3n) is 7.95. The number of nitrogens with zero attached hydrogens (tertiary/aromatic N) is 5. The first-order valence-corrected chi connectivity index (χ1v) is 15.6. The van der Waals surface area contributed by atoms with Gasteiger partial charge in [0.1, 0.15) is 16.6 Å². The van der Waals surface area contributed by atoms with Crippen molar-refractivity contribution in [2.24, 2.45) is 0 Å². The zero-order valence-electron chi connectivity index (χ0n) is 23.1. The third-order valence-corrected chi connectivity index (χ3v) is 10.1. The summed E-state index contributed by atoms with van der Waals surface area (Å²) in [7, 11) is -2.53. The van der Waals surface area contributed by atoms with Gasteiger partial charge >= 0.3 is 12.3 Å². The molecular weight excluding hydrogens is 612 g/mol. The number of likely N-dealkylation sites (tertiary alicyclic amines) is 1. The van der Waals surface area contributed by atoms with Gasteiger partial charge in [0, 0.05) is 64.3 Å². The highest BCUT2D eigenvalue weighted by Gasteiger charge is 2.47. The molecule has 1 aromatic heterocycles. The number of benzene rings is 1. The van der Waals surface area contributed by atoms with E-state index in [1.165, 1.54) is 28.8 Å². The quantitative estimate of drug-likeness (QED) is 0.191. The second-order valence-electron chi connectivity index (χ2n) is 10.7. The summed E-state index contributed by atoms with van der Waals surface area (Å²) in [6.07, 6.45) is -3.05. The van der Waals surface area contributed by atoms with Crippen molar-refractivity contribution >= 4 is 52.8 Å². The molecule has 0 unspecified atom stereocenters. The van der Waals surface area contributed by atoms with Crippen LogP contribution in [0.2, 0.25) is 5.15 Å². The number of piperazine rings is 1. The number of hydrogen-bond donors (Lipinski definition) is 1. The molecule has 1 amide bonds. The predicted molar refractivity (Wildman–Crippen MR) is 154 cm³/mol. The summed E-state index contributed by atoms with van der Waals surface area (Å²) < 4.78 is 73.4. The molecule has 3 fully saturated rings. The summed E-state index contributed by atoms with van der Waals surface area (Å²) in [5, 5.41) is 2.62. The van der Waals surface area contributed by atoms with Gasteiger partial charge in [-0.05, 0) is 42.9 Å². The minimum absolute atomic E-state index is 0.0346. The van der Waals surface area contributed by atoms with Crippen LogP contribution < -0.4 is 15.0 Å². The van der Waals surface area contributed by atoms with Crippen molar-refractivity contribution in [2.75, 3.05) is 68.7 Å². The Labute approximate surface area is 253 Å². The molecule has 5 rings (SSSR count). The van der Waals surface area contributed by atoms with Crippen LogP contribution in [0.1, 0.15) is 18.4 Å². The number of ether oxygens (including phenoxy) is 1. The van der Waals surface area contributed by atoms with Crippen LogP contribution in [0.25, 0.3) is 0 Å². The van der Waals surface area contributed by atoms with E-state index in [4.69, 9.17) is 16.3 Å². The molecule has 1 radical (unpaired) electrons. The molecule has 4 heterocycles. The maximum absolute atomic E-state index is 13.3. The average molecular weight is 642 g/mol. The van der Waals surface area contributed by atoms with Gasteiger partial charge in [0.2, 0.25) is 10.0 Å². The number of halogens is 4. The minimum atomic E-state index is -4.59. The van der Waals surface area contributed by atoms with E-state index in [1.54, 1.807) is 17.0 Å². The second-order valence-corrected chi connectivity index (χ2v) is 13.0. The van der Waals surface area contributed by atoms with E-state index in [9.17, 15) is 31.2 Å². The Hall–Kier alpha value is -2.92. The SMILES string of the molecule is O=C[B]NCCN1CCC2(CC1)CN(c1ccc(S(=O)(=O)N3CCN(c4cc(C(F)(F)F)cc(Cl)n4)CC3)cc1)C(=O)O2. The number of carbonyl (C=O) groups is 2. The fourth-order valence-corrected chi connectivity index (χ4v) is 7.16. The summed E-state index contributed by atoms with van der Waals surface area (Å²) in [6, 6.07) is 7.67. The fraction of sp³-hybridized carbons (Fsp3) is 0.500. The van der Waals surface area contributed by atoms with Gasteiger partial charge in [-0.3, -0.25) is 4.90 Å². The van der Waals surface area contributed by atoms with Crippen LogP contribution in [0.3, 0.4) is 0 Å².